The molecule has 0 spiro atoms. The van der Waals surface area contributed by atoms with Crippen LogP contribution in [0.4, 0.5) is 0 Å². The largest absolute Gasteiger partial charge is 0.480 e. The Morgan fingerprint density at radius 2 is 0.861 bits per heavy atom. The molecule has 4 unspecified atom stereocenters. The molecule has 214 valence electrons. The van der Waals surface area contributed by atoms with Crippen LogP contribution in [0, 0.1) is 0 Å². The molecule has 1 amide bonds. The Labute approximate surface area is 208 Å². The molecule has 0 aromatic rings. The van der Waals surface area contributed by atoms with Crippen LogP contribution in [-0.2, 0) is 24.0 Å². The first-order chi connectivity index (χ1) is 16.6. The minimum absolute atomic E-state index is 0.310. The normalized spacial score (nSPS) is 13.0. The van der Waals surface area contributed by atoms with Gasteiger partial charge in [0.15, 0.2) is 0 Å². The number of hydrogen-bond donors (Lipinski definition) is 12. The van der Waals surface area contributed by atoms with Crippen molar-refractivity contribution in [2.24, 2.45) is 40.1 Å². The van der Waals surface area contributed by atoms with Gasteiger partial charge in [0, 0.05) is 0 Å². The Morgan fingerprint density at radius 1 is 0.556 bits per heavy atom. The zero-order chi connectivity index (χ0) is 29.3. The highest BCUT2D eigenvalue weighted by Gasteiger charge is 2.13. The highest BCUT2D eigenvalue weighted by atomic mass is 16.4. The number of amides is 1. The molecule has 0 aromatic heterocycles. The summed E-state index contributed by atoms with van der Waals surface area (Å²) in [5.74, 6) is -4.96. The molecule has 0 aromatic carbocycles. The summed E-state index contributed by atoms with van der Waals surface area (Å²) in [5, 5.41) is 40.6. The second kappa shape index (κ2) is 26.7. The second-order valence-corrected chi connectivity index (χ2v) is 7.20. The van der Waals surface area contributed by atoms with Crippen LogP contribution in [0.3, 0.4) is 0 Å². The lowest BCUT2D eigenvalue weighted by Crippen LogP contribution is -2.34. The van der Waals surface area contributed by atoms with Gasteiger partial charge in [-0.2, -0.15) is 0 Å². The van der Waals surface area contributed by atoms with Crippen molar-refractivity contribution < 1.29 is 49.5 Å². The lowest BCUT2D eigenvalue weighted by atomic mass is 10.1. The predicted molar refractivity (Wildman–Crippen MR) is 129 cm³/mol. The summed E-state index contributed by atoms with van der Waals surface area (Å²) in [7, 11) is 0. The maximum Gasteiger partial charge on any atom is 0.322 e. The van der Waals surface area contributed by atoms with E-state index in [2.05, 4.69) is 5.73 Å². The molecule has 19 N–H and O–H groups in total. The molecule has 0 fully saturated rings. The van der Waals surface area contributed by atoms with Gasteiger partial charge in [-0.15, -0.1) is 0 Å². The number of aliphatic hydroxyl groups excluding tert-OH is 1. The number of aliphatic hydroxyl groups is 1. The molecule has 0 aliphatic rings. The van der Waals surface area contributed by atoms with E-state index in [1.807, 2.05) is 0 Å². The minimum Gasteiger partial charge on any atom is -0.480 e. The number of primary amides is 1. The van der Waals surface area contributed by atoms with Gasteiger partial charge < -0.3 is 65.7 Å². The summed E-state index contributed by atoms with van der Waals surface area (Å²) in [4.78, 5) is 49.8. The number of hydrogen-bond acceptors (Lipinski definition) is 12. The molecule has 0 bridgehead atoms. The molecular formula is C19H43N7O10. The standard InChI is InChI=1S/2C6H14N2O2.C4H8N2O3.C3H7NO3/c2*7-4-2-1-3-5(8)6(9)10;5-2(4(8)9)1-3(6)7;4-2(1-5)3(6)7/h2*5H,1-4,7-8H2,(H,9,10);2H,1,5H2,(H2,6,7)(H,8,9);2,5H,1,4H2,(H,6,7). The monoisotopic (exact) mass is 529 g/mol. The number of nitrogens with two attached hydrogens (primary N) is 7. The van der Waals surface area contributed by atoms with Crippen LogP contribution >= 0.6 is 0 Å². The first kappa shape index (κ1) is 40.2. The topological polar surface area (TPSA) is 369 Å². The molecule has 0 saturated carbocycles. The molecule has 4 atom stereocenters. The number of aliphatic carboxylic acids is 4. The van der Waals surface area contributed by atoms with E-state index in [0.29, 0.717) is 25.9 Å². The highest BCUT2D eigenvalue weighted by molar-refractivity contribution is 5.83. The number of unbranched alkanes of at least 4 members (excludes halogenated alkanes) is 2. The average Bonchev–Trinajstić information content (AvgIpc) is 2.79. The molecule has 0 saturated heterocycles. The van der Waals surface area contributed by atoms with Gasteiger partial charge in [0.05, 0.1) is 13.0 Å². The summed E-state index contributed by atoms with van der Waals surface area (Å²) in [6.07, 6.45) is 4.02. The Kier molecular flexibility index (Phi) is 29.8. The first-order valence-electron chi connectivity index (χ1n) is 10.8. The van der Waals surface area contributed by atoms with E-state index in [-0.39, 0.29) is 6.42 Å². The second-order valence-electron chi connectivity index (χ2n) is 7.20. The van der Waals surface area contributed by atoms with Gasteiger partial charge >= 0.3 is 23.9 Å². The Bertz CT molecular complexity index is 599. The van der Waals surface area contributed by atoms with E-state index < -0.39 is 60.6 Å². The maximum atomic E-state index is 10.1. The lowest BCUT2D eigenvalue weighted by molar-refractivity contribution is -0.140. The maximum absolute atomic E-state index is 10.1. The predicted octanol–water partition coefficient (Wildman–Crippen LogP) is -4.28. The molecule has 0 heterocycles. The molecule has 0 aliphatic heterocycles. The van der Waals surface area contributed by atoms with Gasteiger partial charge in [0.25, 0.3) is 0 Å². The Balaban J connectivity index is -0.000000191. The van der Waals surface area contributed by atoms with Crippen molar-refractivity contribution in [3.63, 3.8) is 0 Å². The lowest BCUT2D eigenvalue weighted by Gasteiger charge is -2.03. The van der Waals surface area contributed by atoms with E-state index in [9.17, 15) is 24.0 Å². The zero-order valence-corrected chi connectivity index (χ0v) is 20.2. The van der Waals surface area contributed by atoms with Gasteiger partial charge in [-0.25, -0.2) is 0 Å². The van der Waals surface area contributed by atoms with Crippen molar-refractivity contribution in [1.29, 1.82) is 0 Å². The SMILES string of the molecule is NC(=O)CC(N)C(=O)O.NC(CO)C(=O)O.NCCCCC(N)C(=O)O.NCCCCC(N)C(=O)O. The Morgan fingerprint density at radius 3 is 1.00 bits per heavy atom. The average molecular weight is 530 g/mol. The third kappa shape index (κ3) is 33.2. The van der Waals surface area contributed by atoms with Gasteiger partial charge in [-0.05, 0) is 38.8 Å². The minimum atomic E-state index is -1.21. The number of rotatable bonds is 15. The van der Waals surface area contributed by atoms with E-state index in [4.69, 9.17) is 59.9 Å². The molecule has 0 rings (SSSR count). The smallest absolute Gasteiger partial charge is 0.322 e. The molecule has 0 radical (unpaired) electrons. The molecule has 0 aliphatic carbocycles. The van der Waals surface area contributed by atoms with Gasteiger partial charge in [-0.1, -0.05) is 12.8 Å². The third-order valence-electron chi connectivity index (χ3n) is 3.83. The van der Waals surface area contributed by atoms with Crippen molar-refractivity contribution in [3.8, 4) is 0 Å². The Hall–Kier alpha value is -2.93. The molecular weight excluding hydrogens is 486 g/mol. The summed E-state index contributed by atoms with van der Waals surface area (Å²) in [6.45, 7) is 0.702. The van der Waals surface area contributed by atoms with Crippen LogP contribution in [0.1, 0.15) is 44.9 Å². The summed E-state index contributed by atoms with van der Waals surface area (Å²) in [5.41, 5.74) is 35.2. The molecule has 36 heavy (non-hydrogen) atoms. The summed E-state index contributed by atoms with van der Waals surface area (Å²) in [6, 6.07) is -3.72. The van der Waals surface area contributed by atoms with E-state index >= 15 is 0 Å². The van der Waals surface area contributed by atoms with Crippen molar-refractivity contribution >= 4 is 29.8 Å². The zero-order valence-electron chi connectivity index (χ0n) is 20.2. The van der Waals surface area contributed by atoms with Crippen LogP contribution in [0.2, 0.25) is 0 Å². The number of carbonyl (C=O) groups excluding carboxylic acids is 1. The van der Waals surface area contributed by atoms with Crippen molar-refractivity contribution in [3.05, 3.63) is 0 Å². The van der Waals surface area contributed by atoms with Gasteiger partial charge in [0.2, 0.25) is 5.91 Å². The number of carboxylic acid groups (broad SMARTS) is 4. The van der Waals surface area contributed by atoms with Crippen molar-refractivity contribution in [2.45, 2.75) is 69.1 Å². The van der Waals surface area contributed by atoms with Crippen LogP contribution in [0.15, 0.2) is 0 Å². The van der Waals surface area contributed by atoms with Gasteiger partial charge in [-0.3, -0.25) is 24.0 Å². The fourth-order valence-corrected chi connectivity index (χ4v) is 1.65. The fraction of sp³-hybridized carbons (Fsp3) is 0.737. The van der Waals surface area contributed by atoms with Crippen LogP contribution in [-0.4, -0.2) is 99.2 Å². The van der Waals surface area contributed by atoms with E-state index in [1.54, 1.807) is 0 Å². The fourth-order valence-electron chi connectivity index (χ4n) is 1.65. The van der Waals surface area contributed by atoms with Crippen molar-refractivity contribution in [1.82, 2.24) is 0 Å². The number of carbonyl (C=O) groups is 5. The number of carboxylic acids is 4. The van der Waals surface area contributed by atoms with E-state index in [0.717, 1.165) is 25.7 Å². The summed E-state index contributed by atoms with van der Waals surface area (Å²) >= 11 is 0. The molecule has 17 nitrogen and oxygen atoms in total. The first-order valence-corrected chi connectivity index (χ1v) is 10.8. The molecule has 17 heteroatoms. The van der Waals surface area contributed by atoms with Crippen LogP contribution < -0.4 is 40.1 Å². The van der Waals surface area contributed by atoms with Crippen LogP contribution in [0.25, 0.3) is 0 Å². The summed E-state index contributed by atoms with van der Waals surface area (Å²) < 4.78 is 0. The third-order valence-corrected chi connectivity index (χ3v) is 3.83. The quantitative estimate of drug-likeness (QED) is 0.0892. The van der Waals surface area contributed by atoms with E-state index in [1.165, 1.54) is 0 Å². The van der Waals surface area contributed by atoms with Crippen molar-refractivity contribution in [2.75, 3.05) is 19.7 Å². The highest BCUT2D eigenvalue weighted by Crippen LogP contribution is 1.97. The van der Waals surface area contributed by atoms with Crippen LogP contribution in [0.5, 0.6) is 0 Å². The van der Waals surface area contributed by atoms with Gasteiger partial charge in [0.1, 0.15) is 24.2 Å².